The van der Waals surface area contributed by atoms with Crippen LogP contribution in [0.3, 0.4) is 0 Å². The van der Waals surface area contributed by atoms with Crippen LogP contribution in [0.15, 0.2) is 113 Å². The van der Waals surface area contributed by atoms with E-state index in [0.717, 1.165) is 40.3 Å². The van der Waals surface area contributed by atoms with Crippen LogP contribution in [-0.4, -0.2) is 5.71 Å². The molecule has 0 spiro atoms. The number of benzene rings is 4. The van der Waals surface area contributed by atoms with Gasteiger partial charge in [-0.25, -0.2) is 0 Å². The SMILES string of the molecule is N=C(C1=CC=C(c2ccccc2-c2ccccc2)CC1)c1ccc(Cl)c2oc3ccccc3c12. The van der Waals surface area contributed by atoms with Crippen LogP contribution >= 0.6 is 11.6 Å². The van der Waals surface area contributed by atoms with Crippen LogP contribution in [0.5, 0.6) is 0 Å². The highest BCUT2D eigenvalue weighted by Crippen LogP contribution is 2.38. The van der Waals surface area contributed by atoms with Gasteiger partial charge < -0.3 is 4.42 Å². The third-order valence-corrected chi connectivity index (χ3v) is 6.87. The summed E-state index contributed by atoms with van der Waals surface area (Å²) in [5.41, 5.74) is 8.86. The monoisotopic (exact) mass is 459 g/mol. The Morgan fingerprint density at radius 2 is 1.47 bits per heavy atom. The fraction of sp³-hybridized carbons (Fsp3) is 0.0645. The van der Waals surface area contributed by atoms with Gasteiger partial charge in [0.25, 0.3) is 0 Å². The van der Waals surface area contributed by atoms with Crippen molar-refractivity contribution < 1.29 is 4.42 Å². The van der Waals surface area contributed by atoms with Gasteiger partial charge in [0.05, 0.1) is 10.7 Å². The average molecular weight is 460 g/mol. The number of furan rings is 1. The summed E-state index contributed by atoms with van der Waals surface area (Å²) in [4.78, 5) is 0. The van der Waals surface area contributed by atoms with Gasteiger partial charge in [0.15, 0.2) is 5.58 Å². The van der Waals surface area contributed by atoms with Crippen molar-refractivity contribution in [2.24, 2.45) is 0 Å². The van der Waals surface area contributed by atoms with Crippen LogP contribution in [0.2, 0.25) is 5.02 Å². The highest BCUT2D eigenvalue weighted by molar-refractivity contribution is 6.37. The van der Waals surface area contributed by atoms with Crippen molar-refractivity contribution in [3.63, 3.8) is 0 Å². The van der Waals surface area contributed by atoms with Gasteiger partial charge in [-0.05, 0) is 52.8 Å². The van der Waals surface area contributed by atoms with E-state index in [-0.39, 0.29) is 0 Å². The van der Waals surface area contributed by atoms with Crippen molar-refractivity contribution in [2.75, 3.05) is 0 Å². The number of halogens is 1. The fourth-order valence-corrected chi connectivity index (χ4v) is 5.08. The van der Waals surface area contributed by atoms with Crippen molar-refractivity contribution in [3.05, 3.63) is 125 Å². The summed E-state index contributed by atoms with van der Waals surface area (Å²) in [6.45, 7) is 0. The number of rotatable bonds is 4. The summed E-state index contributed by atoms with van der Waals surface area (Å²) in [6, 6.07) is 30.8. The summed E-state index contributed by atoms with van der Waals surface area (Å²) in [6.07, 6.45) is 5.98. The predicted molar refractivity (Wildman–Crippen MR) is 143 cm³/mol. The predicted octanol–water partition coefficient (Wildman–Crippen LogP) is 9.08. The van der Waals surface area contributed by atoms with Gasteiger partial charge in [-0.15, -0.1) is 0 Å². The average Bonchev–Trinajstić information content (AvgIpc) is 3.30. The maximum absolute atomic E-state index is 9.06. The Bertz CT molecular complexity index is 1620. The molecule has 2 nitrogen and oxygen atoms in total. The van der Waals surface area contributed by atoms with E-state index in [0.29, 0.717) is 16.3 Å². The summed E-state index contributed by atoms with van der Waals surface area (Å²) < 4.78 is 6.03. The Morgan fingerprint density at radius 3 is 2.26 bits per heavy atom. The third-order valence-electron chi connectivity index (χ3n) is 6.58. The van der Waals surface area contributed by atoms with Crippen LogP contribution < -0.4 is 0 Å². The Morgan fingerprint density at radius 1 is 0.735 bits per heavy atom. The molecular weight excluding hydrogens is 438 g/mol. The maximum atomic E-state index is 9.06. The molecule has 3 heteroatoms. The maximum Gasteiger partial charge on any atom is 0.154 e. The normalized spacial score (nSPS) is 13.7. The highest BCUT2D eigenvalue weighted by atomic mass is 35.5. The van der Waals surface area contributed by atoms with Crippen LogP contribution in [0.4, 0.5) is 0 Å². The van der Waals surface area contributed by atoms with Crippen LogP contribution in [0.1, 0.15) is 24.0 Å². The standard InChI is InChI=1S/C31H22ClNO/c32-27-19-18-26(29-25-12-6-7-13-28(25)34-31(27)29)30(33)22-16-14-21(15-17-22)24-11-5-4-10-23(24)20-8-2-1-3-9-20/h1-14,16,18-19,33H,15,17H2. The molecule has 6 rings (SSSR count). The van der Waals surface area contributed by atoms with E-state index in [9.17, 15) is 0 Å². The third kappa shape index (κ3) is 3.48. The lowest BCUT2D eigenvalue weighted by Gasteiger charge is -2.19. The molecule has 4 aromatic carbocycles. The van der Waals surface area contributed by atoms with Crippen molar-refractivity contribution in [2.45, 2.75) is 12.8 Å². The molecule has 0 unspecified atom stereocenters. The quantitative estimate of drug-likeness (QED) is 0.267. The van der Waals surface area contributed by atoms with Gasteiger partial charge in [-0.3, -0.25) is 5.41 Å². The second-order valence-corrected chi connectivity index (χ2v) is 8.97. The molecule has 5 aromatic rings. The summed E-state index contributed by atoms with van der Waals surface area (Å²) in [5.74, 6) is 0. The molecule has 0 bridgehead atoms. The smallest absolute Gasteiger partial charge is 0.154 e. The van der Waals surface area contributed by atoms with E-state index >= 15 is 0 Å². The van der Waals surface area contributed by atoms with E-state index in [1.165, 1.54) is 22.3 Å². The van der Waals surface area contributed by atoms with E-state index in [1.807, 2.05) is 42.5 Å². The molecule has 0 fully saturated rings. The molecule has 0 radical (unpaired) electrons. The number of fused-ring (bicyclic) bond motifs is 3. The molecule has 34 heavy (non-hydrogen) atoms. The second kappa shape index (κ2) is 8.48. The molecule has 1 aromatic heterocycles. The zero-order chi connectivity index (χ0) is 23.1. The molecule has 0 amide bonds. The highest BCUT2D eigenvalue weighted by Gasteiger charge is 2.20. The van der Waals surface area contributed by atoms with Gasteiger partial charge in [-0.1, -0.05) is 103 Å². The number of nitrogens with one attached hydrogen (secondary N) is 1. The molecule has 1 heterocycles. The first-order valence-electron chi connectivity index (χ1n) is 11.4. The Balaban J connectivity index is 1.40. The molecule has 1 aliphatic rings. The first-order valence-corrected chi connectivity index (χ1v) is 11.8. The first-order chi connectivity index (χ1) is 16.7. The van der Waals surface area contributed by atoms with Gasteiger partial charge in [-0.2, -0.15) is 0 Å². The zero-order valence-electron chi connectivity index (χ0n) is 18.5. The van der Waals surface area contributed by atoms with Gasteiger partial charge in [0, 0.05) is 16.3 Å². The lowest BCUT2D eigenvalue weighted by molar-refractivity contribution is 0.669. The Hall–Kier alpha value is -3.88. The van der Waals surface area contributed by atoms with Crippen molar-refractivity contribution in [3.8, 4) is 11.1 Å². The van der Waals surface area contributed by atoms with Crippen molar-refractivity contribution in [1.29, 1.82) is 5.41 Å². The van der Waals surface area contributed by atoms with Gasteiger partial charge in [0.2, 0.25) is 0 Å². The molecule has 164 valence electrons. The van der Waals surface area contributed by atoms with Crippen LogP contribution in [0.25, 0.3) is 38.6 Å². The van der Waals surface area contributed by atoms with Gasteiger partial charge >= 0.3 is 0 Å². The number of hydrogen-bond acceptors (Lipinski definition) is 2. The molecular formula is C31H22ClNO. The minimum Gasteiger partial charge on any atom is -0.454 e. The van der Waals surface area contributed by atoms with Crippen LogP contribution in [-0.2, 0) is 0 Å². The molecule has 0 saturated heterocycles. The number of allylic oxidation sites excluding steroid dienone is 4. The summed E-state index contributed by atoms with van der Waals surface area (Å²) in [7, 11) is 0. The van der Waals surface area contributed by atoms with Gasteiger partial charge in [0.1, 0.15) is 5.58 Å². The van der Waals surface area contributed by atoms with E-state index in [1.54, 1.807) is 0 Å². The number of para-hydroxylation sites is 1. The largest absolute Gasteiger partial charge is 0.454 e. The Labute approximate surface area is 203 Å². The van der Waals surface area contributed by atoms with Crippen molar-refractivity contribution in [1.82, 2.24) is 0 Å². The number of hydrogen-bond donors (Lipinski definition) is 1. The molecule has 1 N–H and O–H groups in total. The van der Waals surface area contributed by atoms with E-state index in [2.05, 4.69) is 60.7 Å². The molecule has 1 aliphatic carbocycles. The first kappa shape index (κ1) is 20.7. The van der Waals surface area contributed by atoms with E-state index < -0.39 is 0 Å². The molecule has 0 aliphatic heterocycles. The Kier molecular flexibility index (Phi) is 5.16. The fourth-order valence-electron chi connectivity index (χ4n) is 4.88. The summed E-state index contributed by atoms with van der Waals surface area (Å²) >= 11 is 6.45. The van der Waals surface area contributed by atoms with E-state index in [4.69, 9.17) is 21.4 Å². The molecule has 0 saturated carbocycles. The summed E-state index contributed by atoms with van der Waals surface area (Å²) in [5, 5.41) is 11.5. The minimum atomic E-state index is 0.528. The van der Waals surface area contributed by atoms with Crippen LogP contribution in [0, 0.1) is 5.41 Å². The zero-order valence-corrected chi connectivity index (χ0v) is 19.3. The van der Waals surface area contributed by atoms with Crippen molar-refractivity contribution >= 4 is 44.8 Å². The lowest BCUT2D eigenvalue weighted by atomic mass is 9.86. The minimum absolute atomic E-state index is 0.528. The topological polar surface area (TPSA) is 37.0 Å². The second-order valence-electron chi connectivity index (χ2n) is 8.57. The molecule has 0 atom stereocenters. The lowest BCUT2D eigenvalue weighted by Crippen LogP contribution is -2.07.